The summed E-state index contributed by atoms with van der Waals surface area (Å²) in [5.74, 6) is 2.77. The van der Waals surface area contributed by atoms with E-state index in [4.69, 9.17) is 9.47 Å². The van der Waals surface area contributed by atoms with Crippen molar-refractivity contribution in [3.8, 4) is 0 Å². The van der Waals surface area contributed by atoms with Gasteiger partial charge >= 0.3 is 5.97 Å². The molecular formula is C16H26N2O3. The van der Waals surface area contributed by atoms with E-state index in [-0.39, 0.29) is 6.61 Å². The van der Waals surface area contributed by atoms with E-state index in [1.54, 1.807) is 7.05 Å². The van der Waals surface area contributed by atoms with Crippen LogP contribution in [0.5, 0.6) is 0 Å². The average Bonchev–Trinajstić information content (AvgIpc) is 3.05. The van der Waals surface area contributed by atoms with Gasteiger partial charge in [-0.15, -0.1) is 0 Å². The van der Waals surface area contributed by atoms with Crippen LogP contribution in [0, 0.1) is 23.7 Å². The van der Waals surface area contributed by atoms with Gasteiger partial charge in [-0.1, -0.05) is 19.1 Å². The fraction of sp³-hybridized carbons (Fsp3) is 0.750. The third-order valence-corrected chi connectivity index (χ3v) is 4.61. The molecule has 21 heavy (non-hydrogen) atoms. The van der Waals surface area contributed by atoms with Gasteiger partial charge in [-0.05, 0) is 42.9 Å². The molecule has 2 rings (SSSR count). The molecule has 0 aromatic heterocycles. The largest absolute Gasteiger partial charge is 0.459 e. The fourth-order valence-corrected chi connectivity index (χ4v) is 3.62. The molecule has 0 saturated heterocycles. The molecule has 0 aromatic carbocycles. The predicted octanol–water partition coefficient (Wildman–Crippen LogP) is 1.99. The quantitative estimate of drug-likeness (QED) is 0.244. The number of nitrogens with zero attached hydrogens (tertiary/aromatic N) is 1. The number of nitrogens with one attached hydrogen (secondary N) is 1. The molecule has 4 atom stereocenters. The number of hydrogen-bond donors (Lipinski definition) is 1. The lowest BCUT2D eigenvalue weighted by Gasteiger charge is -2.17. The van der Waals surface area contributed by atoms with E-state index in [9.17, 15) is 4.79 Å². The molecule has 1 N–H and O–H groups in total. The molecule has 0 aliphatic heterocycles. The van der Waals surface area contributed by atoms with Gasteiger partial charge in [-0.25, -0.2) is 4.79 Å². The molecule has 2 aliphatic carbocycles. The Kier molecular flexibility index (Phi) is 6.23. The topological polar surface area (TPSA) is 59.9 Å². The van der Waals surface area contributed by atoms with Crippen molar-refractivity contribution in [2.75, 3.05) is 26.9 Å². The summed E-state index contributed by atoms with van der Waals surface area (Å²) < 4.78 is 10.5. The summed E-state index contributed by atoms with van der Waals surface area (Å²) in [5, 5.41) is 3.58. The maximum absolute atomic E-state index is 11.1. The summed E-state index contributed by atoms with van der Waals surface area (Å²) in [5.41, 5.74) is 2.49. The predicted molar refractivity (Wildman–Crippen MR) is 82.0 cm³/mol. The molecule has 118 valence electrons. The van der Waals surface area contributed by atoms with Gasteiger partial charge in [0.25, 0.3) is 0 Å². The highest BCUT2D eigenvalue weighted by Gasteiger charge is 2.40. The maximum Gasteiger partial charge on any atom is 0.351 e. The SMILES string of the molecule is CN/N=C/C(=O)OCCOCCC1CC(C)C2CC=CC12. The van der Waals surface area contributed by atoms with Crippen molar-refractivity contribution in [2.24, 2.45) is 28.8 Å². The van der Waals surface area contributed by atoms with Crippen molar-refractivity contribution in [2.45, 2.75) is 26.2 Å². The van der Waals surface area contributed by atoms with Crippen LogP contribution in [0.15, 0.2) is 17.3 Å². The van der Waals surface area contributed by atoms with Crippen molar-refractivity contribution in [1.29, 1.82) is 0 Å². The molecule has 0 spiro atoms. The summed E-state index contributed by atoms with van der Waals surface area (Å²) in [6, 6.07) is 0. The van der Waals surface area contributed by atoms with Crippen molar-refractivity contribution in [3.05, 3.63) is 12.2 Å². The first kappa shape index (κ1) is 16.0. The third-order valence-electron chi connectivity index (χ3n) is 4.61. The van der Waals surface area contributed by atoms with E-state index < -0.39 is 5.97 Å². The average molecular weight is 294 g/mol. The van der Waals surface area contributed by atoms with Crippen LogP contribution in [-0.2, 0) is 14.3 Å². The maximum atomic E-state index is 11.1. The van der Waals surface area contributed by atoms with Gasteiger partial charge in [-0.2, -0.15) is 5.10 Å². The Hall–Kier alpha value is -1.36. The van der Waals surface area contributed by atoms with Gasteiger partial charge in [0.05, 0.1) is 6.61 Å². The first-order chi connectivity index (χ1) is 10.2. The first-order valence-electron chi connectivity index (χ1n) is 7.83. The van der Waals surface area contributed by atoms with Crippen LogP contribution < -0.4 is 5.43 Å². The zero-order valence-corrected chi connectivity index (χ0v) is 13.0. The number of esters is 1. The van der Waals surface area contributed by atoms with Crippen LogP contribution in [0.25, 0.3) is 0 Å². The minimum absolute atomic E-state index is 0.279. The first-order valence-corrected chi connectivity index (χ1v) is 7.83. The number of rotatable bonds is 8. The summed E-state index contributed by atoms with van der Waals surface area (Å²) in [6.07, 6.45) is 9.54. The molecule has 5 nitrogen and oxygen atoms in total. The lowest BCUT2D eigenvalue weighted by Crippen LogP contribution is -2.15. The second-order valence-electron chi connectivity index (χ2n) is 5.93. The number of carbonyl (C=O) groups is 1. The molecule has 4 unspecified atom stereocenters. The van der Waals surface area contributed by atoms with Gasteiger partial charge in [0, 0.05) is 13.7 Å². The van der Waals surface area contributed by atoms with Crippen LogP contribution in [0.2, 0.25) is 0 Å². The van der Waals surface area contributed by atoms with Crippen LogP contribution in [0.4, 0.5) is 0 Å². The molecule has 1 fully saturated rings. The van der Waals surface area contributed by atoms with Crippen LogP contribution in [0.3, 0.4) is 0 Å². The number of ether oxygens (including phenoxy) is 2. The minimum Gasteiger partial charge on any atom is -0.459 e. The number of hydrazone groups is 1. The molecule has 0 bridgehead atoms. The Bertz CT molecular complexity index is 395. The number of allylic oxidation sites excluding steroid dienone is 2. The normalized spacial score (nSPS) is 30.8. The standard InChI is InChI=1S/C16H26N2O3/c1-12-10-13(15-5-3-4-14(12)15)6-7-20-8-9-21-16(19)11-18-17-2/h3,5,11-15,17H,4,6-10H2,1-2H3/b18-11+. The van der Waals surface area contributed by atoms with Crippen molar-refractivity contribution >= 4 is 12.2 Å². The fourth-order valence-electron chi connectivity index (χ4n) is 3.62. The van der Waals surface area contributed by atoms with Gasteiger partial charge in [0.2, 0.25) is 0 Å². The molecule has 0 radical (unpaired) electrons. The van der Waals surface area contributed by atoms with Gasteiger partial charge in [-0.3, -0.25) is 0 Å². The Labute approximate surface area is 126 Å². The highest BCUT2D eigenvalue weighted by Crippen LogP contribution is 2.48. The molecular weight excluding hydrogens is 268 g/mol. The highest BCUT2D eigenvalue weighted by atomic mass is 16.6. The zero-order chi connectivity index (χ0) is 15.1. The number of carbonyl (C=O) groups excluding carboxylic acids is 1. The highest BCUT2D eigenvalue weighted by molar-refractivity contribution is 6.23. The summed E-state index contributed by atoms with van der Waals surface area (Å²) in [7, 11) is 1.63. The van der Waals surface area contributed by atoms with Crippen molar-refractivity contribution < 1.29 is 14.3 Å². The van der Waals surface area contributed by atoms with Crippen LogP contribution in [-0.4, -0.2) is 39.1 Å². The minimum atomic E-state index is -0.448. The smallest absolute Gasteiger partial charge is 0.351 e. The van der Waals surface area contributed by atoms with Crippen molar-refractivity contribution in [3.63, 3.8) is 0 Å². The van der Waals surface area contributed by atoms with Crippen LogP contribution in [0.1, 0.15) is 26.2 Å². The Morgan fingerprint density at radius 2 is 2.29 bits per heavy atom. The molecule has 2 aliphatic rings. The van der Waals surface area contributed by atoms with E-state index in [0.29, 0.717) is 6.61 Å². The Morgan fingerprint density at radius 1 is 1.43 bits per heavy atom. The number of hydrogen-bond acceptors (Lipinski definition) is 5. The summed E-state index contributed by atoms with van der Waals surface area (Å²) in [6.45, 7) is 3.85. The monoisotopic (exact) mass is 294 g/mol. The second kappa shape index (κ2) is 8.17. The molecule has 0 aromatic rings. The number of fused-ring (bicyclic) bond motifs is 1. The van der Waals surface area contributed by atoms with Crippen LogP contribution >= 0.6 is 0 Å². The third kappa shape index (κ3) is 4.56. The van der Waals surface area contributed by atoms with E-state index in [2.05, 4.69) is 29.6 Å². The lowest BCUT2D eigenvalue weighted by molar-refractivity contribution is -0.136. The van der Waals surface area contributed by atoms with E-state index in [1.165, 1.54) is 12.8 Å². The molecule has 5 heteroatoms. The summed E-state index contributed by atoms with van der Waals surface area (Å²) >= 11 is 0. The van der Waals surface area contributed by atoms with Gasteiger partial charge in [0.15, 0.2) is 0 Å². The van der Waals surface area contributed by atoms with Gasteiger partial charge < -0.3 is 14.9 Å². The molecule has 1 saturated carbocycles. The van der Waals surface area contributed by atoms with E-state index in [0.717, 1.165) is 42.9 Å². The molecule has 0 amide bonds. The molecule has 0 heterocycles. The van der Waals surface area contributed by atoms with Crippen molar-refractivity contribution in [1.82, 2.24) is 5.43 Å². The van der Waals surface area contributed by atoms with E-state index >= 15 is 0 Å². The Balaban J connectivity index is 1.53. The Morgan fingerprint density at radius 3 is 3.10 bits per heavy atom. The van der Waals surface area contributed by atoms with E-state index in [1.807, 2.05) is 0 Å². The zero-order valence-electron chi connectivity index (χ0n) is 13.0. The summed E-state index contributed by atoms with van der Waals surface area (Å²) in [4.78, 5) is 11.1. The lowest BCUT2D eigenvalue weighted by atomic mass is 9.89. The van der Waals surface area contributed by atoms with Gasteiger partial charge in [0.1, 0.15) is 12.8 Å². The second-order valence-corrected chi connectivity index (χ2v) is 5.93.